The summed E-state index contributed by atoms with van der Waals surface area (Å²) in [5, 5.41) is 9.94. The van der Waals surface area contributed by atoms with Gasteiger partial charge in [0.1, 0.15) is 11.2 Å². The van der Waals surface area contributed by atoms with Crippen LogP contribution in [0.4, 0.5) is 0 Å². The molecule has 1 aliphatic rings. The smallest absolute Gasteiger partial charge is 0.136 e. The van der Waals surface area contributed by atoms with Crippen LogP contribution in [0, 0.1) is 0 Å². The van der Waals surface area contributed by atoms with Crippen LogP contribution in [0.15, 0.2) is 174 Å². The SMILES string of the molecule is CC1(C)c2cc(-c3ccc4oc5ccc6ccccc6c5c4c3)ccc2-c2ccc(-c3c4ccccc4c(-c4ccccc4)c4ccccc34)cc21. The number of rotatable bonds is 3. The van der Waals surface area contributed by atoms with Crippen molar-refractivity contribution in [1.29, 1.82) is 0 Å². The van der Waals surface area contributed by atoms with Crippen molar-refractivity contribution in [3.63, 3.8) is 0 Å². The van der Waals surface area contributed by atoms with Crippen LogP contribution in [-0.4, -0.2) is 0 Å². The van der Waals surface area contributed by atoms with Crippen LogP contribution in [0.2, 0.25) is 0 Å². The molecule has 1 heteroatoms. The predicted molar refractivity (Wildman–Crippen MR) is 220 cm³/mol. The molecule has 11 rings (SSSR count). The number of furan rings is 1. The highest BCUT2D eigenvalue weighted by atomic mass is 16.3. The Hall–Kier alpha value is -6.44. The van der Waals surface area contributed by atoms with E-state index >= 15 is 0 Å². The van der Waals surface area contributed by atoms with Gasteiger partial charge in [0.2, 0.25) is 0 Å². The van der Waals surface area contributed by atoms with Gasteiger partial charge in [-0.15, -0.1) is 0 Å². The van der Waals surface area contributed by atoms with Gasteiger partial charge >= 0.3 is 0 Å². The molecule has 0 amide bonds. The summed E-state index contributed by atoms with van der Waals surface area (Å²) in [6.07, 6.45) is 0. The van der Waals surface area contributed by atoms with E-state index in [1.807, 2.05) is 0 Å². The average molecular weight is 663 g/mol. The third-order valence-corrected chi connectivity index (χ3v) is 11.7. The van der Waals surface area contributed by atoms with Crippen molar-refractivity contribution in [2.24, 2.45) is 0 Å². The van der Waals surface area contributed by atoms with Crippen LogP contribution < -0.4 is 0 Å². The molecule has 52 heavy (non-hydrogen) atoms. The van der Waals surface area contributed by atoms with Crippen molar-refractivity contribution in [2.75, 3.05) is 0 Å². The lowest BCUT2D eigenvalue weighted by molar-refractivity contribution is 0.661. The number of hydrogen-bond acceptors (Lipinski definition) is 1. The van der Waals surface area contributed by atoms with E-state index < -0.39 is 0 Å². The Balaban J connectivity index is 1.06. The van der Waals surface area contributed by atoms with E-state index in [1.165, 1.54) is 93.3 Å². The molecule has 1 aliphatic carbocycles. The number of benzene rings is 9. The molecule has 0 unspecified atom stereocenters. The van der Waals surface area contributed by atoms with Crippen LogP contribution in [0.3, 0.4) is 0 Å². The minimum atomic E-state index is -0.172. The summed E-state index contributed by atoms with van der Waals surface area (Å²) in [5.74, 6) is 0. The maximum absolute atomic E-state index is 6.33. The highest BCUT2D eigenvalue weighted by Gasteiger charge is 2.36. The lowest BCUT2D eigenvalue weighted by Gasteiger charge is -2.23. The monoisotopic (exact) mass is 662 g/mol. The summed E-state index contributed by atoms with van der Waals surface area (Å²) in [6.45, 7) is 4.78. The van der Waals surface area contributed by atoms with Gasteiger partial charge in [0.25, 0.3) is 0 Å². The molecule has 0 saturated carbocycles. The van der Waals surface area contributed by atoms with Gasteiger partial charge in [-0.25, -0.2) is 0 Å². The van der Waals surface area contributed by atoms with Crippen LogP contribution in [0.1, 0.15) is 25.0 Å². The van der Waals surface area contributed by atoms with E-state index in [9.17, 15) is 0 Å². The first-order chi connectivity index (χ1) is 25.5. The molecule has 0 saturated heterocycles. The number of fused-ring (bicyclic) bond motifs is 10. The summed E-state index contributed by atoms with van der Waals surface area (Å²) in [7, 11) is 0. The van der Waals surface area contributed by atoms with E-state index in [2.05, 4.69) is 184 Å². The quantitative estimate of drug-likeness (QED) is 0.172. The minimum Gasteiger partial charge on any atom is -0.456 e. The molecular weight excluding hydrogens is 629 g/mol. The molecule has 0 spiro atoms. The minimum absolute atomic E-state index is 0.172. The van der Waals surface area contributed by atoms with Crippen molar-refractivity contribution < 1.29 is 4.42 Å². The van der Waals surface area contributed by atoms with Crippen molar-refractivity contribution in [3.8, 4) is 44.5 Å². The predicted octanol–water partition coefficient (Wildman–Crippen LogP) is 14.4. The molecule has 0 fully saturated rings. The molecule has 9 aromatic carbocycles. The lowest BCUT2D eigenvalue weighted by Crippen LogP contribution is -2.15. The van der Waals surface area contributed by atoms with Gasteiger partial charge in [-0.3, -0.25) is 0 Å². The van der Waals surface area contributed by atoms with Crippen molar-refractivity contribution in [3.05, 3.63) is 181 Å². The summed E-state index contributed by atoms with van der Waals surface area (Å²) >= 11 is 0. The molecule has 0 radical (unpaired) electrons. The Morgan fingerprint density at radius 2 is 0.865 bits per heavy atom. The standard InChI is InChI=1S/C51H34O/c1-51(2)44-29-34(33-23-26-46-43(28-33)50-36-15-7-6-12-31(36)22-27-47(50)52-46)20-24-37(44)38-25-21-35(30-45(38)51)49-41-18-10-8-16-39(41)48(32-13-4-3-5-14-32)40-17-9-11-19-42(40)49/h3-30H,1-2H3. The van der Waals surface area contributed by atoms with E-state index in [-0.39, 0.29) is 5.41 Å². The second kappa shape index (κ2) is 10.8. The van der Waals surface area contributed by atoms with Gasteiger partial charge in [0.15, 0.2) is 0 Å². The molecular formula is C51H34O. The maximum atomic E-state index is 6.33. The second-order valence-corrected chi connectivity index (χ2v) is 14.8. The summed E-state index contributed by atoms with van der Waals surface area (Å²) in [5.41, 5.74) is 14.6. The van der Waals surface area contributed by atoms with E-state index in [0.717, 1.165) is 16.6 Å². The molecule has 0 N–H and O–H groups in total. The van der Waals surface area contributed by atoms with Gasteiger partial charge in [-0.05, 0) is 118 Å². The van der Waals surface area contributed by atoms with Crippen LogP contribution >= 0.6 is 0 Å². The molecule has 0 atom stereocenters. The second-order valence-electron chi connectivity index (χ2n) is 14.8. The average Bonchev–Trinajstić information content (AvgIpc) is 3.68. The van der Waals surface area contributed by atoms with E-state index in [1.54, 1.807) is 0 Å². The van der Waals surface area contributed by atoms with Gasteiger partial charge in [-0.2, -0.15) is 0 Å². The van der Waals surface area contributed by atoms with Crippen molar-refractivity contribution >= 4 is 54.3 Å². The first-order valence-corrected chi connectivity index (χ1v) is 18.2. The third-order valence-electron chi connectivity index (χ3n) is 11.7. The Labute approximate surface area is 302 Å². The molecule has 1 aromatic heterocycles. The Kier molecular flexibility index (Phi) is 6.08. The zero-order chi connectivity index (χ0) is 34.6. The van der Waals surface area contributed by atoms with Gasteiger partial charge < -0.3 is 4.42 Å². The highest BCUT2D eigenvalue weighted by molar-refractivity contribution is 6.22. The summed E-state index contributed by atoms with van der Waals surface area (Å²) < 4.78 is 6.33. The van der Waals surface area contributed by atoms with Gasteiger partial charge in [0, 0.05) is 16.2 Å². The van der Waals surface area contributed by atoms with Crippen molar-refractivity contribution in [1.82, 2.24) is 0 Å². The summed E-state index contributed by atoms with van der Waals surface area (Å²) in [6, 6.07) is 62.4. The fourth-order valence-electron chi connectivity index (χ4n) is 9.15. The zero-order valence-electron chi connectivity index (χ0n) is 29.1. The lowest BCUT2D eigenvalue weighted by atomic mass is 9.80. The van der Waals surface area contributed by atoms with Crippen LogP contribution in [0.5, 0.6) is 0 Å². The van der Waals surface area contributed by atoms with E-state index in [4.69, 9.17) is 4.42 Å². The van der Waals surface area contributed by atoms with Gasteiger partial charge in [-0.1, -0.05) is 153 Å². The Bertz CT molecular complexity index is 3030. The third kappa shape index (κ3) is 4.11. The summed E-state index contributed by atoms with van der Waals surface area (Å²) in [4.78, 5) is 0. The molecule has 0 aliphatic heterocycles. The zero-order valence-corrected chi connectivity index (χ0v) is 29.1. The molecule has 244 valence electrons. The maximum Gasteiger partial charge on any atom is 0.136 e. The molecule has 1 nitrogen and oxygen atoms in total. The Morgan fingerprint density at radius 1 is 0.365 bits per heavy atom. The first-order valence-electron chi connectivity index (χ1n) is 18.2. The highest BCUT2D eigenvalue weighted by Crippen LogP contribution is 2.52. The van der Waals surface area contributed by atoms with E-state index in [0.29, 0.717) is 0 Å². The van der Waals surface area contributed by atoms with Crippen LogP contribution in [0.25, 0.3) is 98.8 Å². The fraction of sp³-hybridized carbons (Fsp3) is 0.0588. The number of hydrogen-bond donors (Lipinski definition) is 0. The molecule has 10 aromatic rings. The molecule has 1 heterocycles. The van der Waals surface area contributed by atoms with Crippen LogP contribution in [-0.2, 0) is 5.41 Å². The van der Waals surface area contributed by atoms with Gasteiger partial charge in [0.05, 0.1) is 0 Å². The first kappa shape index (κ1) is 29.3. The molecule has 0 bridgehead atoms. The normalized spacial score (nSPS) is 13.3. The van der Waals surface area contributed by atoms with Crippen molar-refractivity contribution in [2.45, 2.75) is 19.3 Å². The topological polar surface area (TPSA) is 13.1 Å². The fourth-order valence-corrected chi connectivity index (χ4v) is 9.15. The Morgan fingerprint density at radius 3 is 1.54 bits per heavy atom. The largest absolute Gasteiger partial charge is 0.456 e.